The molecular formula is C11H12ClN3O. The van der Waals surface area contributed by atoms with E-state index in [9.17, 15) is 5.11 Å². The first-order chi connectivity index (χ1) is 7.70. The van der Waals surface area contributed by atoms with E-state index in [0.29, 0.717) is 10.7 Å². The third kappa shape index (κ3) is 2.23. The molecule has 0 aromatic carbocycles. The van der Waals surface area contributed by atoms with E-state index in [-0.39, 0.29) is 0 Å². The molecule has 0 bridgehead atoms. The van der Waals surface area contributed by atoms with E-state index in [0.717, 1.165) is 12.1 Å². The van der Waals surface area contributed by atoms with Crippen molar-refractivity contribution in [3.05, 3.63) is 47.0 Å². The number of hydrogen-bond donors (Lipinski definition) is 1. The van der Waals surface area contributed by atoms with Crippen molar-refractivity contribution in [2.24, 2.45) is 0 Å². The second-order valence-corrected chi connectivity index (χ2v) is 3.87. The van der Waals surface area contributed by atoms with Gasteiger partial charge in [-0.05, 0) is 19.1 Å². The molecule has 2 aromatic rings. The van der Waals surface area contributed by atoms with Crippen LogP contribution in [-0.2, 0) is 6.54 Å². The molecule has 0 fully saturated rings. The molecule has 1 atom stereocenters. The number of hydrogen-bond acceptors (Lipinski definition) is 3. The van der Waals surface area contributed by atoms with Gasteiger partial charge in [0, 0.05) is 24.5 Å². The second kappa shape index (κ2) is 4.63. The molecule has 4 nitrogen and oxygen atoms in total. The summed E-state index contributed by atoms with van der Waals surface area (Å²) in [5.74, 6) is 0. The highest BCUT2D eigenvalue weighted by molar-refractivity contribution is 6.30. The summed E-state index contributed by atoms with van der Waals surface area (Å²) >= 11 is 5.73. The minimum atomic E-state index is -0.752. The monoisotopic (exact) mass is 237 g/mol. The van der Waals surface area contributed by atoms with Crippen LogP contribution in [0.3, 0.4) is 0 Å². The molecule has 0 spiro atoms. The van der Waals surface area contributed by atoms with Crippen LogP contribution >= 0.6 is 11.6 Å². The molecule has 1 N–H and O–H groups in total. The van der Waals surface area contributed by atoms with Crippen LogP contribution in [0.25, 0.3) is 0 Å². The van der Waals surface area contributed by atoms with Crippen LogP contribution in [0.5, 0.6) is 0 Å². The van der Waals surface area contributed by atoms with Crippen molar-refractivity contribution < 1.29 is 5.11 Å². The van der Waals surface area contributed by atoms with Gasteiger partial charge in [-0.3, -0.25) is 9.67 Å². The third-order valence-corrected chi connectivity index (χ3v) is 2.55. The Labute approximate surface area is 98.5 Å². The first-order valence-corrected chi connectivity index (χ1v) is 5.40. The summed E-state index contributed by atoms with van der Waals surface area (Å²) in [5, 5.41) is 14.7. The minimum Gasteiger partial charge on any atom is -0.382 e. The second-order valence-electron chi connectivity index (χ2n) is 3.43. The number of pyridine rings is 1. The molecule has 84 valence electrons. The highest BCUT2D eigenvalue weighted by Crippen LogP contribution is 2.20. The van der Waals surface area contributed by atoms with Gasteiger partial charge >= 0.3 is 0 Å². The molecule has 0 aliphatic carbocycles. The Balaban J connectivity index is 2.24. The number of halogens is 1. The molecule has 2 heterocycles. The van der Waals surface area contributed by atoms with E-state index in [4.69, 9.17) is 11.6 Å². The summed E-state index contributed by atoms with van der Waals surface area (Å²) in [4.78, 5) is 4.07. The minimum absolute atomic E-state index is 0.556. The lowest BCUT2D eigenvalue weighted by molar-refractivity contribution is 0.215. The number of aliphatic hydroxyl groups is 1. The first-order valence-electron chi connectivity index (χ1n) is 5.02. The van der Waals surface area contributed by atoms with E-state index >= 15 is 0 Å². The smallest absolute Gasteiger partial charge is 0.124 e. The van der Waals surface area contributed by atoms with E-state index < -0.39 is 6.10 Å². The Bertz CT molecular complexity index is 466. The van der Waals surface area contributed by atoms with Crippen molar-refractivity contribution in [1.82, 2.24) is 14.8 Å². The molecule has 16 heavy (non-hydrogen) atoms. The third-order valence-electron chi connectivity index (χ3n) is 2.32. The van der Waals surface area contributed by atoms with Gasteiger partial charge in [0.05, 0.1) is 16.9 Å². The van der Waals surface area contributed by atoms with Crippen LogP contribution in [0, 0.1) is 0 Å². The van der Waals surface area contributed by atoms with Crippen LogP contribution in [0.15, 0.2) is 30.7 Å². The Morgan fingerprint density at radius 3 is 2.81 bits per heavy atom. The van der Waals surface area contributed by atoms with Crippen LogP contribution < -0.4 is 0 Å². The predicted octanol–water partition coefficient (Wildman–Crippen LogP) is 2.03. The van der Waals surface area contributed by atoms with E-state index in [1.54, 1.807) is 29.2 Å². The maximum Gasteiger partial charge on any atom is 0.124 e. The molecule has 0 aliphatic rings. The van der Waals surface area contributed by atoms with Gasteiger partial charge in [0.25, 0.3) is 0 Å². The fraction of sp³-hybridized carbons (Fsp3) is 0.273. The van der Waals surface area contributed by atoms with Crippen molar-refractivity contribution in [2.45, 2.75) is 19.6 Å². The lowest BCUT2D eigenvalue weighted by Gasteiger charge is -2.07. The Morgan fingerprint density at radius 2 is 2.25 bits per heavy atom. The average molecular weight is 238 g/mol. The Hall–Kier alpha value is -1.39. The van der Waals surface area contributed by atoms with Crippen LogP contribution in [-0.4, -0.2) is 19.9 Å². The standard InChI is InChI=1S/C11H12ClN3O/c1-2-15-7-8(5-14-15)11(16)10-4-3-9(12)6-13-10/h3-7,11,16H,2H2,1H3. The normalized spacial score (nSPS) is 12.7. The first kappa shape index (κ1) is 11.1. The van der Waals surface area contributed by atoms with E-state index in [1.165, 1.54) is 6.20 Å². The highest BCUT2D eigenvalue weighted by atomic mass is 35.5. The number of rotatable bonds is 3. The van der Waals surface area contributed by atoms with Gasteiger partial charge < -0.3 is 5.11 Å². The summed E-state index contributed by atoms with van der Waals surface area (Å²) in [6, 6.07) is 3.41. The molecule has 2 aromatic heterocycles. The number of nitrogens with zero attached hydrogens (tertiary/aromatic N) is 3. The van der Waals surface area contributed by atoms with Crippen LogP contribution in [0.1, 0.15) is 24.3 Å². The fourth-order valence-corrected chi connectivity index (χ4v) is 1.53. The van der Waals surface area contributed by atoms with Gasteiger partial charge in [0.2, 0.25) is 0 Å². The zero-order valence-electron chi connectivity index (χ0n) is 8.84. The summed E-state index contributed by atoms with van der Waals surface area (Å²) in [7, 11) is 0. The maximum absolute atomic E-state index is 10.0. The predicted molar refractivity (Wildman–Crippen MR) is 61.2 cm³/mol. The van der Waals surface area contributed by atoms with Crippen molar-refractivity contribution in [3.8, 4) is 0 Å². The lowest BCUT2D eigenvalue weighted by Crippen LogP contribution is -2.01. The largest absolute Gasteiger partial charge is 0.382 e. The number of aliphatic hydroxyl groups excluding tert-OH is 1. The average Bonchev–Trinajstić information content (AvgIpc) is 2.77. The van der Waals surface area contributed by atoms with Gasteiger partial charge in [0.15, 0.2) is 0 Å². The SMILES string of the molecule is CCn1cc(C(O)c2ccc(Cl)cn2)cn1. The topological polar surface area (TPSA) is 50.9 Å². The van der Waals surface area contributed by atoms with Gasteiger partial charge in [-0.2, -0.15) is 5.10 Å². The molecule has 1 unspecified atom stereocenters. The lowest BCUT2D eigenvalue weighted by atomic mass is 10.1. The molecule has 2 rings (SSSR count). The summed E-state index contributed by atoms with van der Waals surface area (Å²) < 4.78 is 1.76. The summed E-state index contributed by atoms with van der Waals surface area (Å²) in [6.07, 6.45) is 4.22. The zero-order chi connectivity index (χ0) is 11.5. The van der Waals surface area contributed by atoms with Gasteiger partial charge in [-0.15, -0.1) is 0 Å². The molecule has 0 aliphatic heterocycles. The van der Waals surface area contributed by atoms with Gasteiger partial charge in [0.1, 0.15) is 6.10 Å². The Morgan fingerprint density at radius 1 is 1.44 bits per heavy atom. The van der Waals surface area contributed by atoms with Gasteiger partial charge in [-0.1, -0.05) is 11.6 Å². The van der Waals surface area contributed by atoms with E-state index in [2.05, 4.69) is 10.1 Å². The van der Waals surface area contributed by atoms with Gasteiger partial charge in [-0.25, -0.2) is 0 Å². The van der Waals surface area contributed by atoms with Crippen molar-refractivity contribution in [3.63, 3.8) is 0 Å². The van der Waals surface area contributed by atoms with Crippen molar-refractivity contribution >= 4 is 11.6 Å². The van der Waals surface area contributed by atoms with Crippen molar-refractivity contribution in [2.75, 3.05) is 0 Å². The quantitative estimate of drug-likeness (QED) is 0.889. The number of aryl methyl sites for hydroxylation is 1. The van der Waals surface area contributed by atoms with Crippen molar-refractivity contribution in [1.29, 1.82) is 0 Å². The molecule has 5 heteroatoms. The molecule has 0 radical (unpaired) electrons. The molecular weight excluding hydrogens is 226 g/mol. The maximum atomic E-state index is 10.0. The summed E-state index contributed by atoms with van der Waals surface area (Å²) in [5.41, 5.74) is 1.30. The molecule has 0 saturated carbocycles. The van der Waals surface area contributed by atoms with Crippen LogP contribution in [0.2, 0.25) is 5.02 Å². The van der Waals surface area contributed by atoms with E-state index in [1.807, 2.05) is 6.92 Å². The fourth-order valence-electron chi connectivity index (χ4n) is 1.41. The molecule has 0 saturated heterocycles. The Kier molecular flexibility index (Phi) is 3.22. The molecule has 0 amide bonds. The summed E-state index contributed by atoms with van der Waals surface area (Å²) in [6.45, 7) is 2.77. The van der Waals surface area contributed by atoms with Crippen LogP contribution in [0.4, 0.5) is 0 Å². The number of aromatic nitrogens is 3. The zero-order valence-corrected chi connectivity index (χ0v) is 9.59. The highest BCUT2D eigenvalue weighted by Gasteiger charge is 2.13.